The van der Waals surface area contributed by atoms with Gasteiger partial charge in [-0.05, 0) is 17.8 Å². The molecule has 1 fully saturated rings. The number of ether oxygens (including phenoxy) is 1. The third-order valence-electron chi connectivity index (χ3n) is 3.74. The molecule has 0 spiro atoms. The van der Waals surface area contributed by atoms with E-state index in [0.717, 1.165) is 18.9 Å². The summed E-state index contributed by atoms with van der Waals surface area (Å²) in [5.74, 6) is 2.25. The first-order valence-corrected chi connectivity index (χ1v) is 7.05. The lowest BCUT2D eigenvalue weighted by Crippen LogP contribution is -2.26. The van der Waals surface area contributed by atoms with Crippen molar-refractivity contribution in [1.82, 2.24) is 9.97 Å². The number of methoxy groups -OCH3 is 1. The molecule has 0 saturated carbocycles. The summed E-state index contributed by atoms with van der Waals surface area (Å²) in [6.07, 6.45) is 1.20. The Kier molecular flexibility index (Phi) is 4.31. The number of hydrogen-bond acceptors (Lipinski definition) is 4. The summed E-state index contributed by atoms with van der Waals surface area (Å²) < 4.78 is 5.07. The average molecular weight is 284 g/mol. The van der Waals surface area contributed by atoms with Gasteiger partial charge < -0.3 is 9.64 Å². The Labute approximate surface area is 120 Å². The first-order chi connectivity index (χ1) is 8.90. The lowest BCUT2D eigenvalue weighted by atomic mass is 9.80. The highest BCUT2D eigenvalue weighted by atomic mass is 35.5. The zero-order valence-electron chi connectivity index (χ0n) is 12.1. The maximum absolute atomic E-state index is 6.06. The van der Waals surface area contributed by atoms with E-state index < -0.39 is 0 Å². The van der Waals surface area contributed by atoms with Crippen molar-refractivity contribution in [2.45, 2.75) is 33.8 Å². The summed E-state index contributed by atoms with van der Waals surface area (Å²) in [5, 5.41) is 0.483. The number of hydrogen-bond donors (Lipinski definition) is 0. The summed E-state index contributed by atoms with van der Waals surface area (Å²) in [5.41, 5.74) is 0.334. The second-order valence-corrected chi connectivity index (χ2v) is 6.58. The first-order valence-electron chi connectivity index (χ1n) is 6.67. The lowest BCUT2D eigenvalue weighted by molar-refractivity contribution is 0.178. The molecule has 1 atom stereocenters. The Balaban J connectivity index is 2.15. The maximum atomic E-state index is 6.06. The molecule has 106 valence electrons. The first kappa shape index (κ1) is 14.5. The van der Waals surface area contributed by atoms with Crippen LogP contribution in [0.15, 0.2) is 6.07 Å². The summed E-state index contributed by atoms with van der Waals surface area (Å²) in [7, 11) is 1.63. The fourth-order valence-electron chi connectivity index (χ4n) is 2.48. The second-order valence-electron chi connectivity index (χ2n) is 6.20. The van der Waals surface area contributed by atoms with Crippen LogP contribution in [0.1, 0.15) is 33.0 Å². The molecule has 2 heterocycles. The van der Waals surface area contributed by atoms with Crippen molar-refractivity contribution in [3.05, 3.63) is 17.0 Å². The van der Waals surface area contributed by atoms with Gasteiger partial charge in [0.05, 0.1) is 0 Å². The van der Waals surface area contributed by atoms with Crippen LogP contribution in [0.3, 0.4) is 0 Å². The zero-order chi connectivity index (χ0) is 14.0. The highest BCUT2D eigenvalue weighted by molar-refractivity contribution is 6.29. The van der Waals surface area contributed by atoms with E-state index in [2.05, 4.69) is 35.6 Å². The van der Waals surface area contributed by atoms with Crippen LogP contribution < -0.4 is 4.90 Å². The van der Waals surface area contributed by atoms with E-state index in [9.17, 15) is 0 Å². The van der Waals surface area contributed by atoms with E-state index in [1.54, 1.807) is 7.11 Å². The number of anilines is 1. The van der Waals surface area contributed by atoms with Crippen LogP contribution in [0.2, 0.25) is 5.15 Å². The van der Waals surface area contributed by atoms with E-state index in [1.807, 2.05) is 6.07 Å². The molecule has 1 aromatic heterocycles. The third kappa shape index (κ3) is 3.57. The molecule has 1 aliphatic heterocycles. The van der Waals surface area contributed by atoms with Crippen molar-refractivity contribution in [2.24, 2.45) is 11.3 Å². The lowest BCUT2D eigenvalue weighted by Gasteiger charge is -2.27. The molecule has 0 radical (unpaired) electrons. The fourth-order valence-corrected chi connectivity index (χ4v) is 2.68. The van der Waals surface area contributed by atoms with Gasteiger partial charge in [0.2, 0.25) is 0 Å². The normalized spacial score (nSPS) is 20.1. The molecule has 1 aromatic rings. The molecule has 0 aromatic carbocycles. The predicted molar refractivity (Wildman–Crippen MR) is 77.5 cm³/mol. The molecule has 19 heavy (non-hydrogen) atoms. The summed E-state index contributed by atoms with van der Waals surface area (Å²) in [6, 6.07) is 1.84. The van der Waals surface area contributed by atoms with E-state index in [-0.39, 0.29) is 0 Å². The van der Waals surface area contributed by atoms with Crippen molar-refractivity contribution >= 4 is 17.4 Å². The molecule has 1 unspecified atom stereocenters. The van der Waals surface area contributed by atoms with Crippen LogP contribution in [0.5, 0.6) is 0 Å². The van der Waals surface area contributed by atoms with Crippen LogP contribution in [0.25, 0.3) is 0 Å². The van der Waals surface area contributed by atoms with Crippen LogP contribution in [0, 0.1) is 11.3 Å². The summed E-state index contributed by atoms with van der Waals surface area (Å²) in [6.45, 7) is 9.34. The quantitative estimate of drug-likeness (QED) is 0.799. The molecule has 4 nitrogen and oxygen atoms in total. The van der Waals surface area contributed by atoms with Gasteiger partial charge in [0, 0.05) is 26.3 Å². The largest absolute Gasteiger partial charge is 0.377 e. The predicted octanol–water partition coefficient (Wildman–Crippen LogP) is 3.15. The Morgan fingerprint density at radius 1 is 1.42 bits per heavy atom. The van der Waals surface area contributed by atoms with Crippen molar-refractivity contribution in [3.63, 3.8) is 0 Å². The van der Waals surface area contributed by atoms with Gasteiger partial charge in [-0.15, -0.1) is 0 Å². The average Bonchev–Trinajstić information content (AvgIpc) is 2.77. The molecule has 1 aliphatic rings. The molecular formula is C14H22ClN3O. The van der Waals surface area contributed by atoms with Crippen LogP contribution in [-0.4, -0.2) is 30.2 Å². The minimum atomic E-state index is 0.334. The van der Waals surface area contributed by atoms with Crippen molar-refractivity contribution < 1.29 is 4.74 Å². The topological polar surface area (TPSA) is 38.2 Å². The number of aromatic nitrogens is 2. The molecule has 0 amide bonds. The Hall–Kier alpha value is -0.870. The van der Waals surface area contributed by atoms with Gasteiger partial charge in [0.1, 0.15) is 17.6 Å². The second kappa shape index (κ2) is 5.63. The van der Waals surface area contributed by atoms with Crippen molar-refractivity contribution in [1.29, 1.82) is 0 Å². The van der Waals surface area contributed by atoms with Crippen molar-refractivity contribution in [3.8, 4) is 0 Å². The minimum absolute atomic E-state index is 0.334. The van der Waals surface area contributed by atoms with E-state index in [4.69, 9.17) is 16.3 Å². The maximum Gasteiger partial charge on any atom is 0.158 e. The molecule has 0 aliphatic carbocycles. The standard InChI is InChI=1S/C14H22ClN3O/c1-14(2,3)10-5-6-18(8-10)13-7-11(15)16-12(17-13)9-19-4/h7,10H,5-6,8-9H2,1-4H3. The molecule has 0 N–H and O–H groups in total. The molecule has 0 bridgehead atoms. The molecule has 5 heteroatoms. The van der Waals surface area contributed by atoms with Crippen LogP contribution in [0.4, 0.5) is 5.82 Å². The monoisotopic (exact) mass is 283 g/mol. The van der Waals surface area contributed by atoms with Crippen LogP contribution >= 0.6 is 11.6 Å². The highest BCUT2D eigenvalue weighted by Gasteiger charge is 2.32. The zero-order valence-corrected chi connectivity index (χ0v) is 12.9. The van der Waals surface area contributed by atoms with E-state index in [0.29, 0.717) is 28.9 Å². The van der Waals surface area contributed by atoms with Gasteiger partial charge in [-0.2, -0.15) is 0 Å². The number of nitrogens with zero attached hydrogens (tertiary/aromatic N) is 3. The minimum Gasteiger partial charge on any atom is -0.377 e. The summed E-state index contributed by atoms with van der Waals surface area (Å²) >= 11 is 6.06. The van der Waals surface area contributed by atoms with Gasteiger partial charge in [-0.25, -0.2) is 9.97 Å². The fraction of sp³-hybridized carbons (Fsp3) is 0.714. The highest BCUT2D eigenvalue weighted by Crippen LogP contribution is 2.35. The van der Waals surface area contributed by atoms with Crippen LogP contribution in [-0.2, 0) is 11.3 Å². The molecule has 2 rings (SSSR count). The third-order valence-corrected chi connectivity index (χ3v) is 3.93. The van der Waals surface area contributed by atoms with Gasteiger partial charge in [-0.1, -0.05) is 32.4 Å². The van der Waals surface area contributed by atoms with E-state index >= 15 is 0 Å². The van der Waals surface area contributed by atoms with Gasteiger partial charge in [0.15, 0.2) is 5.82 Å². The number of rotatable bonds is 3. The van der Waals surface area contributed by atoms with Gasteiger partial charge in [0.25, 0.3) is 0 Å². The van der Waals surface area contributed by atoms with Gasteiger partial charge in [-0.3, -0.25) is 0 Å². The Morgan fingerprint density at radius 2 is 2.16 bits per heavy atom. The van der Waals surface area contributed by atoms with Crippen molar-refractivity contribution in [2.75, 3.05) is 25.1 Å². The van der Waals surface area contributed by atoms with Gasteiger partial charge >= 0.3 is 0 Å². The summed E-state index contributed by atoms with van der Waals surface area (Å²) in [4.78, 5) is 11.0. The molecule has 1 saturated heterocycles. The van der Waals surface area contributed by atoms with E-state index in [1.165, 1.54) is 6.42 Å². The smallest absolute Gasteiger partial charge is 0.158 e. The Morgan fingerprint density at radius 3 is 2.74 bits per heavy atom. The molecular weight excluding hydrogens is 262 g/mol. The SMILES string of the molecule is COCc1nc(Cl)cc(N2CCC(C(C)(C)C)C2)n1. The number of halogens is 1. The Bertz CT molecular complexity index is 445.